The molecule has 0 saturated heterocycles. The second kappa shape index (κ2) is 3.63. The van der Waals surface area contributed by atoms with Crippen LogP contribution in [0.1, 0.15) is 18.4 Å². The maximum atomic E-state index is 11.4. The van der Waals surface area contributed by atoms with Gasteiger partial charge < -0.3 is 5.11 Å². The van der Waals surface area contributed by atoms with Crippen LogP contribution >= 0.6 is 0 Å². The van der Waals surface area contributed by atoms with Gasteiger partial charge in [0.05, 0.1) is 5.52 Å². The average Bonchev–Trinajstić information content (AvgIpc) is 2.34. The molecule has 18 heavy (non-hydrogen) atoms. The number of aliphatic carboxylic acids is 1. The Morgan fingerprint density at radius 2 is 2.06 bits per heavy atom. The summed E-state index contributed by atoms with van der Waals surface area (Å²) in [4.78, 5) is 26.8. The highest BCUT2D eigenvalue weighted by molar-refractivity contribution is 6.02. The van der Waals surface area contributed by atoms with E-state index in [1.54, 1.807) is 18.3 Å². The molecule has 1 aromatic heterocycles. The molecule has 0 aliphatic heterocycles. The molecule has 0 spiro atoms. The van der Waals surface area contributed by atoms with Crippen molar-refractivity contribution in [1.29, 1.82) is 0 Å². The van der Waals surface area contributed by atoms with E-state index in [-0.39, 0.29) is 18.6 Å². The molecule has 90 valence electrons. The van der Waals surface area contributed by atoms with Crippen molar-refractivity contribution in [2.75, 3.05) is 0 Å². The minimum Gasteiger partial charge on any atom is -0.481 e. The van der Waals surface area contributed by atoms with Gasteiger partial charge in [0.15, 0.2) is 0 Å². The molecule has 1 saturated carbocycles. The van der Waals surface area contributed by atoms with Gasteiger partial charge in [0.1, 0.15) is 11.2 Å². The first kappa shape index (κ1) is 10.9. The maximum Gasteiger partial charge on any atom is 0.315 e. The lowest BCUT2D eigenvalue weighted by Crippen LogP contribution is -2.48. The molecule has 1 aromatic carbocycles. The lowest BCUT2D eigenvalue weighted by atomic mass is 9.63. The Kier molecular flexibility index (Phi) is 2.20. The van der Waals surface area contributed by atoms with Crippen LogP contribution in [0.5, 0.6) is 0 Å². The third kappa shape index (κ3) is 1.42. The van der Waals surface area contributed by atoms with Crippen molar-refractivity contribution in [3.8, 4) is 0 Å². The highest BCUT2D eigenvalue weighted by atomic mass is 16.4. The van der Waals surface area contributed by atoms with E-state index in [1.165, 1.54) is 0 Å². The Morgan fingerprint density at radius 1 is 1.28 bits per heavy atom. The molecule has 1 fully saturated rings. The smallest absolute Gasteiger partial charge is 0.315 e. The number of Topliss-reactive ketones (excluding diaryl/α,β-unsaturated/α-hetero) is 1. The van der Waals surface area contributed by atoms with E-state index in [0.29, 0.717) is 5.56 Å². The number of nitrogens with zero attached hydrogens (tertiary/aromatic N) is 1. The molecule has 0 bridgehead atoms. The summed E-state index contributed by atoms with van der Waals surface area (Å²) in [6.07, 6.45) is 1.88. The molecule has 0 radical (unpaired) electrons. The maximum absolute atomic E-state index is 11.4. The predicted octanol–water partition coefficient (Wildman–Crippen LogP) is 1.92. The Hall–Kier alpha value is -2.23. The van der Waals surface area contributed by atoms with E-state index >= 15 is 0 Å². The number of carbonyl (C=O) groups excluding carboxylic acids is 1. The summed E-state index contributed by atoms with van der Waals surface area (Å²) in [6.45, 7) is 0. The van der Waals surface area contributed by atoms with Crippen molar-refractivity contribution < 1.29 is 14.7 Å². The van der Waals surface area contributed by atoms with Crippen molar-refractivity contribution in [3.63, 3.8) is 0 Å². The zero-order valence-corrected chi connectivity index (χ0v) is 9.59. The quantitative estimate of drug-likeness (QED) is 0.872. The van der Waals surface area contributed by atoms with Crippen molar-refractivity contribution in [3.05, 3.63) is 42.1 Å². The summed E-state index contributed by atoms with van der Waals surface area (Å²) in [6, 6.07) is 9.09. The van der Waals surface area contributed by atoms with Crippen LogP contribution in [0.25, 0.3) is 10.9 Å². The number of carbonyl (C=O) groups is 2. The van der Waals surface area contributed by atoms with Crippen LogP contribution in [-0.4, -0.2) is 21.8 Å². The van der Waals surface area contributed by atoms with Gasteiger partial charge in [-0.3, -0.25) is 14.6 Å². The molecule has 0 atom stereocenters. The SMILES string of the molecule is O=C1CC(C(=O)O)(c2ccc3ncccc3c2)C1. The second-order valence-electron chi connectivity index (χ2n) is 4.69. The molecular weight excluding hydrogens is 230 g/mol. The first-order valence-electron chi connectivity index (χ1n) is 5.72. The van der Waals surface area contributed by atoms with Gasteiger partial charge in [0, 0.05) is 24.4 Å². The third-order valence-corrected chi connectivity index (χ3v) is 3.56. The molecule has 0 amide bonds. The summed E-state index contributed by atoms with van der Waals surface area (Å²) >= 11 is 0. The topological polar surface area (TPSA) is 67.3 Å². The lowest BCUT2D eigenvalue weighted by molar-refractivity contribution is -0.153. The first-order chi connectivity index (χ1) is 8.62. The number of pyridine rings is 1. The largest absolute Gasteiger partial charge is 0.481 e. The lowest BCUT2D eigenvalue weighted by Gasteiger charge is -2.36. The second-order valence-corrected chi connectivity index (χ2v) is 4.69. The summed E-state index contributed by atoms with van der Waals surface area (Å²) in [7, 11) is 0. The van der Waals surface area contributed by atoms with Crippen molar-refractivity contribution in [1.82, 2.24) is 4.98 Å². The number of rotatable bonds is 2. The predicted molar refractivity (Wildman–Crippen MR) is 65.3 cm³/mol. The Morgan fingerprint density at radius 3 is 2.72 bits per heavy atom. The fraction of sp³-hybridized carbons (Fsp3) is 0.214. The van der Waals surface area contributed by atoms with Crippen LogP contribution in [0.2, 0.25) is 0 Å². The molecule has 2 aromatic rings. The van der Waals surface area contributed by atoms with Gasteiger partial charge in [-0.2, -0.15) is 0 Å². The van der Waals surface area contributed by atoms with Crippen LogP contribution < -0.4 is 0 Å². The van der Waals surface area contributed by atoms with E-state index in [1.807, 2.05) is 18.2 Å². The number of hydrogen-bond donors (Lipinski definition) is 1. The standard InChI is InChI=1S/C14H11NO3/c16-11-7-14(8-11,13(17)18)10-3-4-12-9(6-10)2-1-5-15-12/h1-6H,7-8H2,(H,17,18). The molecule has 1 aliphatic carbocycles. The first-order valence-corrected chi connectivity index (χ1v) is 5.72. The van der Waals surface area contributed by atoms with E-state index < -0.39 is 11.4 Å². The molecule has 4 nitrogen and oxygen atoms in total. The molecule has 1 N–H and O–H groups in total. The molecule has 0 unspecified atom stereocenters. The Balaban J connectivity index is 2.13. The zero-order chi connectivity index (χ0) is 12.8. The Labute approximate surface area is 103 Å². The minimum absolute atomic E-state index is 0.00341. The highest BCUT2D eigenvalue weighted by Gasteiger charge is 2.51. The van der Waals surface area contributed by atoms with Crippen molar-refractivity contribution >= 4 is 22.7 Å². The number of hydrogen-bond acceptors (Lipinski definition) is 3. The summed E-state index contributed by atoms with van der Waals surface area (Å²) in [5, 5.41) is 10.3. The number of carboxylic acid groups (broad SMARTS) is 1. The van der Waals surface area contributed by atoms with Gasteiger partial charge in [-0.1, -0.05) is 12.1 Å². The van der Waals surface area contributed by atoms with Crippen LogP contribution in [0, 0.1) is 0 Å². The van der Waals surface area contributed by atoms with E-state index in [2.05, 4.69) is 4.98 Å². The van der Waals surface area contributed by atoms with E-state index in [9.17, 15) is 14.7 Å². The monoisotopic (exact) mass is 241 g/mol. The number of benzene rings is 1. The van der Waals surface area contributed by atoms with E-state index in [4.69, 9.17) is 0 Å². The van der Waals surface area contributed by atoms with Crippen LogP contribution in [0.15, 0.2) is 36.5 Å². The van der Waals surface area contributed by atoms with Crippen molar-refractivity contribution in [2.45, 2.75) is 18.3 Å². The third-order valence-electron chi connectivity index (χ3n) is 3.56. The molecular formula is C14H11NO3. The average molecular weight is 241 g/mol. The molecule has 1 heterocycles. The highest BCUT2D eigenvalue weighted by Crippen LogP contribution is 2.42. The fourth-order valence-corrected chi connectivity index (χ4v) is 2.47. The van der Waals surface area contributed by atoms with Crippen LogP contribution in [-0.2, 0) is 15.0 Å². The summed E-state index contributed by atoms with van der Waals surface area (Å²) in [5.41, 5.74) is 0.490. The zero-order valence-electron chi connectivity index (χ0n) is 9.59. The number of aromatic nitrogens is 1. The van der Waals surface area contributed by atoms with Gasteiger partial charge in [0.25, 0.3) is 0 Å². The molecule has 3 rings (SSSR count). The normalized spacial score (nSPS) is 17.4. The summed E-state index contributed by atoms with van der Waals surface area (Å²) < 4.78 is 0. The minimum atomic E-state index is -1.03. The molecule has 4 heteroatoms. The summed E-state index contributed by atoms with van der Waals surface area (Å²) in [5.74, 6) is -0.922. The van der Waals surface area contributed by atoms with Gasteiger partial charge in [-0.25, -0.2) is 0 Å². The fourth-order valence-electron chi connectivity index (χ4n) is 2.47. The van der Waals surface area contributed by atoms with Crippen LogP contribution in [0.4, 0.5) is 0 Å². The van der Waals surface area contributed by atoms with Gasteiger partial charge in [-0.15, -0.1) is 0 Å². The van der Waals surface area contributed by atoms with Gasteiger partial charge in [0.2, 0.25) is 0 Å². The van der Waals surface area contributed by atoms with Gasteiger partial charge >= 0.3 is 5.97 Å². The number of carboxylic acids is 1. The van der Waals surface area contributed by atoms with Gasteiger partial charge in [-0.05, 0) is 23.8 Å². The van der Waals surface area contributed by atoms with Crippen molar-refractivity contribution in [2.24, 2.45) is 0 Å². The van der Waals surface area contributed by atoms with Crippen LogP contribution in [0.3, 0.4) is 0 Å². The number of ketones is 1. The molecule has 1 aliphatic rings. The number of fused-ring (bicyclic) bond motifs is 1. The Bertz CT molecular complexity index is 655. The van der Waals surface area contributed by atoms with E-state index in [0.717, 1.165) is 10.9 Å².